The summed E-state index contributed by atoms with van der Waals surface area (Å²) >= 11 is 0. The minimum absolute atomic E-state index is 0.648. The molecule has 0 spiro atoms. The minimum Gasteiger partial charge on any atom is -0.351 e. The fourth-order valence-corrected chi connectivity index (χ4v) is 2.67. The van der Waals surface area contributed by atoms with Gasteiger partial charge in [0.05, 0.1) is 5.52 Å². The molecule has 0 radical (unpaired) electrons. The number of pyridine rings is 1. The average molecular weight is 304 g/mol. The maximum absolute atomic E-state index is 4.75. The number of para-hydroxylation sites is 1. The van der Waals surface area contributed by atoms with Crippen LogP contribution in [0, 0.1) is 0 Å². The van der Waals surface area contributed by atoms with Crippen LogP contribution in [0.5, 0.6) is 0 Å². The standard InChI is InChI=1S/C17H16N6/c1-2-15-21-22-16-13-7-3-4-8-14(13)20-17(23(15)16)19-11-12-6-5-9-18-10-12/h3-10H,2,11H2,1H3,(H,19,20). The van der Waals surface area contributed by atoms with E-state index >= 15 is 0 Å². The van der Waals surface area contributed by atoms with E-state index in [1.165, 1.54) is 0 Å². The third kappa shape index (κ3) is 2.38. The van der Waals surface area contributed by atoms with Crippen molar-refractivity contribution in [1.29, 1.82) is 0 Å². The molecule has 3 heterocycles. The second kappa shape index (κ2) is 5.64. The van der Waals surface area contributed by atoms with E-state index in [0.29, 0.717) is 6.54 Å². The van der Waals surface area contributed by atoms with Gasteiger partial charge in [-0.2, -0.15) is 0 Å². The third-order valence-corrected chi connectivity index (χ3v) is 3.80. The Morgan fingerprint density at radius 2 is 2.00 bits per heavy atom. The van der Waals surface area contributed by atoms with E-state index in [4.69, 9.17) is 4.98 Å². The summed E-state index contributed by atoms with van der Waals surface area (Å²) in [5, 5.41) is 13.0. The predicted molar refractivity (Wildman–Crippen MR) is 89.2 cm³/mol. The molecular weight excluding hydrogens is 288 g/mol. The van der Waals surface area contributed by atoms with Crippen LogP contribution < -0.4 is 5.32 Å². The molecule has 3 aromatic heterocycles. The van der Waals surface area contributed by atoms with E-state index in [0.717, 1.165) is 40.3 Å². The van der Waals surface area contributed by atoms with Gasteiger partial charge in [-0.3, -0.25) is 4.98 Å². The van der Waals surface area contributed by atoms with Gasteiger partial charge in [-0.05, 0) is 23.8 Å². The van der Waals surface area contributed by atoms with Crippen LogP contribution in [0.4, 0.5) is 5.95 Å². The molecule has 0 aliphatic carbocycles. The highest BCUT2D eigenvalue weighted by atomic mass is 15.3. The number of aromatic nitrogens is 5. The maximum Gasteiger partial charge on any atom is 0.211 e. The van der Waals surface area contributed by atoms with Crippen LogP contribution in [-0.4, -0.2) is 24.6 Å². The number of benzene rings is 1. The Kier molecular flexibility index (Phi) is 3.34. The molecule has 0 saturated heterocycles. The van der Waals surface area contributed by atoms with Gasteiger partial charge in [0.2, 0.25) is 5.95 Å². The third-order valence-electron chi connectivity index (χ3n) is 3.80. The molecular formula is C17H16N6. The summed E-state index contributed by atoms with van der Waals surface area (Å²) in [4.78, 5) is 8.89. The number of anilines is 1. The van der Waals surface area contributed by atoms with Crippen LogP contribution in [0.2, 0.25) is 0 Å². The number of fused-ring (bicyclic) bond motifs is 3. The van der Waals surface area contributed by atoms with Crippen molar-refractivity contribution < 1.29 is 0 Å². The van der Waals surface area contributed by atoms with Crippen LogP contribution in [0.1, 0.15) is 18.3 Å². The van der Waals surface area contributed by atoms with E-state index in [-0.39, 0.29) is 0 Å². The van der Waals surface area contributed by atoms with E-state index in [2.05, 4.69) is 27.4 Å². The van der Waals surface area contributed by atoms with Crippen molar-refractivity contribution in [3.63, 3.8) is 0 Å². The Morgan fingerprint density at radius 1 is 1.09 bits per heavy atom. The predicted octanol–water partition coefficient (Wildman–Crippen LogP) is 2.85. The van der Waals surface area contributed by atoms with Crippen LogP contribution >= 0.6 is 0 Å². The molecule has 0 atom stereocenters. The quantitative estimate of drug-likeness (QED) is 0.628. The smallest absolute Gasteiger partial charge is 0.211 e. The second-order valence-corrected chi connectivity index (χ2v) is 5.30. The van der Waals surface area contributed by atoms with E-state index < -0.39 is 0 Å². The summed E-state index contributed by atoms with van der Waals surface area (Å²) in [5.41, 5.74) is 2.84. The molecule has 0 fully saturated rings. The molecule has 1 N–H and O–H groups in total. The first-order valence-corrected chi connectivity index (χ1v) is 7.62. The average Bonchev–Trinajstić information content (AvgIpc) is 3.05. The Balaban J connectivity index is 1.84. The summed E-state index contributed by atoms with van der Waals surface area (Å²) < 4.78 is 2.00. The summed E-state index contributed by atoms with van der Waals surface area (Å²) in [6.07, 6.45) is 4.41. The van der Waals surface area contributed by atoms with Crippen molar-refractivity contribution in [3.05, 3.63) is 60.2 Å². The van der Waals surface area contributed by atoms with Crippen molar-refractivity contribution in [3.8, 4) is 0 Å². The first-order chi connectivity index (χ1) is 11.4. The number of nitrogens with zero attached hydrogens (tertiary/aromatic N) is 5. The zero-order chi connectivity index (χ0) is 15.6. The largest absolute Gasteiger partial charge is 0.351 e. The van der Waals surface area contributed by atoms with Crippen LogP contribution in [0.15, 0.2) is 48.8 Å². The molecule has 0 aliphatic rings. The molecule has 0 saturated carbocycles. The molecule has 1 aromatic carbocycles. The van der Waals surface area contributed by atoms with Crippen molar-refractivity contribution in [2.45, 2.75) is 19.9 Å². The van der Waals surface area contributed by atoms with E-state index in [9.17, 15) is 0 Å². The Bertz CT molecular complexity index is 961. The fourth-order valence-electron chi connectivity index (χ4n) is 2.67. The van der Waals surface area contributed by atoms with Gasteiger partial charge in [-0.15, -0.1) is 10.2 Å². The normalized spacial score (nSPS) is 11.2. The first-order valence-electron chi connectivity index (χ1n) is 7.62. The van der Waals surface area contributed by atoms with Gasteiger partial charge in [-0.25, -0.2) is 9.38 Å². The summed E-state index contributed by atoms with van der Waals surface area (Å²) in [6.45, 7) is 2.71. The van der Waals surface area contributed by atoms with Crippen molar-refractivity contribution in [2.24, 2.45) is 0 Å². The molecule has 114 valence electrons. The first kappa shape index (κ1) is 13.6. The van der Waals surface area contributed by atoms with Gasteiger partial charge < -0.3 is 5.32 Å². The molecule has 0 aliphatic heterocycles. The number of rotatable bonds is 4. The fraction of sp³-hybridized carbons (Fsp3) is 0.176. The number of nitrogens with one attached hydrogen (secondary N) is 1. The Labute approximate surface area is 133 Å². The number of hydrogen-bond acceptors (Lipinski definition) is 5. The van der Waals surface area contributed by atoms with Gasteiger partial charge in [-0.1, -0.05) is 25.1 Å². The summed E-state index contributed by atoms with van der Waals surface area (Å²) in [7, 11) is 0. The molecule has 4 aromatic rings. The molecule has 4 rings (SSSR count). The number of hydrogen-bond donors (Lipinski definition) is 1. The van der Waals surface area contributed by atoms with Gasteiger partial charge in [0, 0.05) is 30.7 Å². The zero-order valence-electron chi connectivity index (χ0n) is 12.8. The Hall–Kier alpha value is -3.02. The highest BCUT2D eigenvalue weighted by Crippen LogP contribution is 2.22. The van der Waals surface area contributed by atoms with Crippen molar-refractivity contribution >= 4 is 22.5 Å². The summed E-state index contributed by atoms with van der Waals surface area (Å²) in [5.74, 6) is 1.65. The highest BCUT2D eigenvalue weighted by molar-refractivity contribution is 5.92. The lowest BCUT2D eigenvalue weighted by Crippen LogP contribution is -2.09. The molecule has 0 amide bonds. The van der Waals surface area contributed by atoms with Crippen molar-refractivity contribution in [2.75, 3.05) is 5.32 Å². The SMILES string of the molecule is CCc1nnc2c3ccccc3nc(NCc3cccnc3)n12. The lowest BCUT2D eigenvalue weighted by Gasteiger charge is -2.11. The van der Waals surface area contributed by atoms with Crippen LogP contribution in [0.3, 0.4) is 0 Å². The van der Waals surface area contributed by atoms with Gasteiger partial charge in [0.25, 0.3) is 0 Å². The van der Waals surface area contributed by atoms with Crippen molar-refractivity contribution in [1.82, 2.24) is 24.6 Å². The monoisotopic (exact) mass is 304 g/mol. The second-order valence-electron chi connectivity index (χ2n) is 5.30. The van der Waals surface area contributed by atoms with Gasteiger partial charge in [0.15, 0.2) is 5.65 Å². The van der Waals surface area contributed by atoms with Crippen LogP contribution in [-0.2, 0) is 13.0 Å². The van der Waals surface area contributed by atoms with Crippen LogP contribution in [0.25, 0.3) is 16.6 Å². The highest BCUT2D eigenvalue weighted by Gasteiger charge is 2.13. The number of aryl methyl sites for hydroxylation is 1. The lowest BCUT2D eigenvalue weighted by atomic mass is 10.2. The van der Waals surface area contributed by atoms with E-state index in [1.807, 2.05) is 47.0 Å². The molecule has 0 bridgehead atoms. The maximum atomic E-state index is 4.75. The molecule has 0 unspecified atom stereocenters. The Morgan fingerprint density at radius 3 is 2.83 bits per heavy atom. The molecule has 6 heteroatoms. The minimum atomic E-state index is 0.648. The zero-order valence-corrected chi connectivity index (χ0v) is 12.8. The summed E-state index contributed by atoms with van der Waals surface area (Å²) in [6, 6.07) is 11.9. The molecule has 6 nitrogen and oxygen atoms in total. The van der Waals surface area contributed by atoms with Gasteiger partial charge >= 0.3 is 0 Å². The lowest BCUT2D eigenvalue weighted by molar-refractivity contribution is 0.894. The topological polar surface area (TPSA) is 68.0 Å². The van der Waals surface area contributed by atoms with Gasteiger partial charge in [0.1, 0.15) is 5.82 Å². The molecule has 23 heavy (non-hydrogen) atoms. The van der Waals surface area contributed by atoms with E-state index in [1.54, 1.807) is 6.20 Å².